The third-order valence-corrected chi connectivity index (χ3v) is 3.65. The summed E-state index contributed by atoms with van der Waals surface area (Å²) in [6.07, 6.45) is 5.63. The number of aryl methyl sites for hydroxylation is 1. The Kier molecular flexibility index (Phi) is 5.59. The van der Waals surface area contributed by atoms with E-state index in [1.807, 2.05) is 30.3 Å². The van der Waals surface area contributed by atoms with Gasteiger partial charge in [-0.05, 0) is 24.8 Å². The number of rotatable bonds is 6. The molecule has 0 unspecified atom stereocenters. The maximum Gasteiger partial charge on any atom is 0.239 e. The van der Waals surface area contributed by atoms with Crippen LogP contribution in [0, 0.1) is 0 Å². The van der Waals surface area contributed by atoms with Gasteiger partial charge in [0.1, 0.15) is 0 Å². The van der Waals surface area contributed by atoms with Crippen LogP contribution in [0.5, 0.6) is 0 Å². The molecule has 2 N–H and O–H groups in total. The summed E-state index contributed by atoms with van der Waals surface area (Å²) in [5.41, 5.74) is 1.14. The van der Waals surface area contributed by atoms with Crippen LogP contribution in [0.3, 0.4) is 0 Å². The Labute approximate surface area is 119 Å². The molecule has 0 radical (unpaired) electrons. The highest BCUT2D eigenvalue weighted by molar-refractivity contribution is 5.84. The van der Waals surface area contributed by atoms with E-state index in [1.54, 1.807) is 0 Å². The minimum atomic E-state index is -0.0787. The van der Waals surface area contributed by atoms with Gasteiger partial charge >= 0.3 is 0 Å². The SMILES string of the molecule is O=C(CCc1ccccc1)NCC(=O)NC1CCCC1. The molecule has 0 bridgehead atoms. The Morgan fingerprint density at radius 2 is 1.75 bits per heavy atom. The number of carbonyl (C=O) groups excluding carboxylic acids is 2. The lowest BCUT2D eigenvalue weighted by Crippen LogP contribution is -2.41. The highest BCUT2D eigenvalue weighted by Gasteiger charge is 2.17. The quantitative estimate of drug-likeness (QED) is 0.831. The second-order valence-electron chi connectivity index (χ2n) is 5.31. The molecule has 0 heterocycles. The van der Waals surface area contributed by atoms with Crippen molar-refractivity contribution in [3.05, 3.63) is 35.9 Å². The maximum atomic E-state index is 11.7. The van der Waals surface area contributed by atoms with Gasteiger partial charge in [-0.1, -0.05) is 43.2 Å². The molecule has 1 fully saturated rings. The van der Waals surface area contributed by atoms with E-state index in [2.05, 4.69) is 10.6 Å². The predicted octanol–water partition coefficient (Wildman–Crippen LogP) is 1.79. The number of hydrogen-bond donors (Lipinski definition) is 2. The maximum absolute atomic E-state index is 11.7. The summed E-state index contributed by atoms with van der Waals surface area (Å²) in [4.78, 5) is 23.3. The van der Waals surface area contributed by atoms with Gasteiger partial charge < -0.3 is 10.6 Å². The van der Waals surface area contributed by atoms with Gasteiger partial charge in [-0.2, -0.15) is 0 Å². The summed E-state index contributed by atoms with van der Waals surface area (Å²) in [5.74, 6) is -0.152. The molecular weight excluding hydrogens is 252 g/mol. The zero-order valence-corrected chi connectivity index (χ0v) is 11.7. The second kappa shape index (κ2) is 7.68. The van der Waals surface area contributed by atoms with Gasteiger partial charge in [0.05, 0.1) is 6.54 Å². The minimum Gasteiger partial charge on any atom is -0.352 e. The molecular formula is C16H22N2O2. The van der Waals surface area contributed by atoms with Gasteiger partial charge in [0.25, 0.3) is 0 Å². The molecule has 1 aromatic carbocycles. The van der Waals surface area contributed by atoms with E-state index in [9.17, 15) is 9.59 Å². The largest absolute Gasteiger partial charge is 0.352 e. The Bertz CT molecular complexity index is 439. The van der Waals surface area contributed by atoms with Crippen molar-refractivity contribution in [2.24, 2.45) is 0 Å². The fourth-order valence-corrected chi connectivity index (χ4v) is 2.52. The topological polar surface area (TPSA) is 58.2 Å². The highest BCUT2D eigenvalue weighted by Crippen LogP contribution is 2.17. The average molecular weight is 274 g/mol. The molecule has 0 atom stereocenters. The molecule has 4 nitrogen and oxygen atoms in total. The summed E-state index contributed by atoms with van der Waals surface area (Å²) in [7, 11) is 0. The van der Waals surface area contributed by atoms with E-state index < -0.39 is 0 Å². The first-order valence-electron chi connectivity index (χ1n) is 7.34. The molecule has 108 valence electrons. The Morgan fingerprint density at radius 1 is 1.05 bits per heavy atom. The van der Waals surface area contributed by atoms with Crippen molar-refractivity contribution in [2.45, 2.75) is 44.6 Å². The van der Waals surface area contributed by atoms with Crippen molar-refractivity contribution in [3.63, 3.8) is 0 Å². The van der Waals surface area contributed by atoms with Gasteiger partial charge in [-0.25, -0.2) is 0 Å². The molecule has 4 heteroatoms. The number of hydrogen-bond acceptors (Lipinski definition) is 2. The van der Waals surface area contributed by atoms with Crippen molar-refractivity contribution in [3.8, 4) is 0 Å². The van der Waals surface area contributed by atoms with Crippen LogP contribution in [0.25, 0.3) is 0 Å². The molecule has 2 amide bonds. The van der Waals surface area contributed by atoms with Crippen LogP contribution in [0.4, 0.5) is 0 Å². The van der Waals surface area contributed by atoms with Gasteiger partial charge in [-0.15, -0.1) is 0 Å². The minimum absolute atomic E-state index is 0.0737. The number of carbonyl (C=O) groups is 2. The normalized spacial score (nSPS) is 15.0. The standard InChI is InChI=1S/C16H22N2O2/c19-15(11-10-13-6-2-1-3-7-13)17-12-16(20)18-14-8-4-5-9-14/h1-3,6-7,14H,4-5,8-12H2,(H,17,19)(H,18,20). The van der Waals surface area contributed by atoms with Crippen molar-refractivity contribution >= 4 is 11.8 Å². The summed E-state index contributed by atoms with van der Waals surface area (Å²) >= 11 is 0. The average Bonchev–Trinajstić information content (AvgIpc) is 2.97. The first kappa shape index (κ1) is 14.6. The van der Waals surface area contributed by atoms with Crippen molar-refractivity contribution < 1.29 is 9.59 Å². The van der Waals surface area contributed by atoms with Crippen LogP contribution in [0.2, 0.25) is 0 Å². The van der Waals surface area contributed by atoms with Gasteiger partial charge in [0.2, 0.25) is 11.8 Å². The van der Waals surface area contributed by atoms with E-state index in [0.29, 0.717) is 18.9 Å². The van der Waals surface area contributed by atoms with E-state index in [4.69, 9.17) is 0 Å². The van der Waals surface area contributed by atoms with E-state index in [-0.39, 0.29) is 18.4 Å². The summed E-state index contributed by atoms with van der Waals surface area (Å²) in [6.45, 7) is 0.0874. The molecule has 0 spiro atoms. The smallest absolute Gasteiger partial charge is 0.239 e. The van der Waals surface area contributed by atoms with Crippen molar-refractivity contribution in [1.29, 1.82) is 0 Å². The molecule has 20 heavy (non-hydrogen) atoms. The summed E-state index contributed by atoms with van der Waals surface area (Å²) in [5, 5.41) is 5.63. The second-order valence-corrected chi connectivity index (χ2v) is 5.31. The fraction of sp³-hybridized carbons (Fsp3) is 0.500. The monoisotopic (exact) mass is 274 g/mol. The summed E-state index contributed by atoms with van der Waals surface area (Å²) < 4.78 is 0. The van der Waals surface area contributed by atoms with Gasteiger partial charge in [0, 0.05) is 12.5 Å². The first-order chi connectivity index (χ1) is 9.74. The third kappa shape index (κ3) is 5.03. The van der Waals surface area contributed by atoms with Gasteiger partial charge in [0.15, 0.2) is 0 Å². The van der Waals surface area contributed by atoms with Crippen LogP contribution in [-0.4, -0.2) is 24.4 Å². The molecule has 2 rings (SSSR count). The third-order valence-electron chi connectivity index (χ3n) is 3.65. The Balaban J connectivity index is 1.61. The molecule has 0 aliphatic heterocycles. The van der Waals surface area contributed by atoms with E-state index in [0.717, 1.165) is 18.4 Å². The van der Waals surface area contributed by atoms with Crippen LogP contribution in [0.1, 0.15) is 37.7 Å². The lowest BCUT2D eigenvalue weighted by Gasteiger charge is -2.12. The number of benzene rings is 1. The first-order valence-corrected chi connectivity index (χ1v) is 7.34. The summed E-state index contributed by atoms with van der Waals surface area (Å²) in [6, 6.07) is 10.2. The lowest BCUT2D eigenvalue weighted by molar-refractivity contribution is -0.126. The van der Waals surface area contributed by atoms with Crippen LogP contribution in [-0.2, 0) is 16.0 Å². The Hall–Kier alpha value is -1.84. The van der Waals surface area contributed by atoms with Crippen molar-refractivity contribution in [1.82, 2.24) is 10.6 Å². The van der Waals surface area contributed by atoms with Crippen LogP contribution in [0.15, 0.2) is 30.3 Å². The molecule has 1 aromatic rings. The molecule has 1 saturated carbocycles. The van der Waals surface area contributed by atoms with Crippen molar-refractivity contribution in [2.75, 3.05) is 6.54 Å². The van der Waals surface area contributed by atoms with E-state index >= 15 is 0 Å². The molecule has 0 saturated heterocycles. The predicted molar refractivity (Wildman–Crippen MR) is 78.2 cm³/mol. The Morgan fingerprint density at radius 3 is 2.45 bits per heavy atom. The molecule has 1 aliphatic carbocycles. The fourth-order valence-electron chi connectivity index (χ4n) is 2.52. The van der Waals surface area contributed by atoms with Crippen LogP contribution >= 0.6 is 0 Å². The number of nitrogens with one attached hydrogen (secondary N) is 2. The van der Waals surface area contributed by atoms with E-state index in [1.165, 1.54) is 12.8 Å². The molecule has 0 aromatic heterocycles. The van der Waals surface area contributed by atoms with Gasteiger partial charge in [-0.3, -0.25) is 9.59 Å². The zero-order valence-electron chi connectivity index (χ0n) is 11.7. The highest BCUT2D eigenvalue weighted by atomic mass is 16.2. The number of amides is 2. The molecule has 1 aliphatic rings. The lowest BCUT2D eigenvalue weighted by atomic mass is 10.1. The zero-order chi connectivity index (χ0) is 14.2. The van der Waals surface area contributed by atoms with Crippen LogP contribution < -0.4 is 10.6 Å².